The second-order valence-corrected chi connectivity index (χ2v) is 7.06. The van der Waals surface area contributed by atoms with E-state index in [0.29, 0.717) is 11.0 Å². The first-order chi connectivity index (χ1) is 7.49. The van der Waals surface area contributed by atoms with E-state index in [4.69, 9.17) is 18.0 Å². The highest BCUT2D eigenvalue weighted by Crippen LogP contribution is 2.23. The lowest BCUT2D eigenvalue weighted by molar-refractivity contribution is 0.221. The predicted octanol–water partition coefficient (Wildman–Crippen LogP) is 3.40. The van der Waals surface area contributed by atoms with Gasteiger partial charge in [0.05, 0.1) is 8.77 Å². The van der Waals surface area contributed by atoms with E-state index in [2.05, 4.69) is 46.8 Å². The van der Waals surface area contributed by atoms with Crippen molar-refractivity contribution in [1.82, 2.24) is 4.90 Å². The molecule has 90 valence electrons. The first-order valence-electron chi connectivity index (χ1n) is 5.25. The summed E-state index contributed by atoms with van der Waals surface area (Å²) in [5.41, 5.74) is 5.54. The minimum absolute atomic E-state index is 0.509. The van der Waals surface area contributed by atoms with Crippen LogP contribution in [0, 0.1) is 0 Å². The minimum Gasteiger partial charge on any atom is -0.393 e. The second-order valence-electron chi connectivity index (χ2n) is 3.99. The van der Waals surface area contributed by atoms with Gasteiger partial charge >= 0.3 is 0 Å². The molecule has 0 aliphatic carbocycles. The fourth-order valence-corrected chi connectivity index (χ4v) is 3.01. The molecule has 0 atom stereocenters. The Morgan fingerprint density at radius 2 is 2.25 bits per heavy atom. The molecule has 1 rings (SSSR count). The number of halogens is 1. The monoisotopic (exact) mass is 320 g/mol. The van der Waals surface area contributed by atoms with Gasteiger partial charge in [-0.25, -0.2) is 0 Å². The zero-order valence-electron chi connectivity index (χ0n) is 9.57. The Morgan fingerprint density at radius 3 is 2.69 bits per heavy atom. The highest BCUT2D eigenvalue weighted by molar-refractivity contribution is 9.11. The van der Waals surface area contributed by atoms with E-state index in [1.807, 2.05) is 0 Å². The average Bonchev–Trinajstić information content (AvgIpc) is 2.57. The minimum atomic E-state index is 0.509. The number of thiophene rings is 1. The van der Waals surface area contributed by atoms with Gasteiger partial charge in [-0.05, 0) is 41.9 Å². The van der Waals surface area contributed by atoms with Gasteiger partial charge in [0.25, 0.3) is 0 Å². The van der Waals surface area contributed by atoms with Crippen molar-refractivity contribution >= 4 is 44.5 Å². The molecule has 0 aliphatic heterocycles. The van der Waals surface area contributed by atoms with Crippen molar-refractivity contribution < 1.29 is 0 Å². The van der Waals surface area contributed by atoms with Gasteiger partial charge in [-0.2, -0.15) is 0 Å². The quantitative estimate of drug-likeness (QED) is 0.814. The molecule has 0 saturated carbocycles. The molecule has 1 aromatic rings. The topological polar surface area (TPSA) is 29.3 Å². The van der Waals surface area contributed by atoms with Gasteiger partial charge in [0.2, 0.25) is 0 Å². The summed E-state index contributed by atoms with van der Waals surface area (Å²) in [6, 6.07) is 4.76. The van der Waals surface area contributed by atoms with Crippen LogP contribution in [-0.4, -0.2) is 22.5 Å². The van der Waals surface area contributed by atoms with Crippen LogP contribution in [-0.2, 0) is 6.54 Å². The number of rotatable bonds is 6. The molecule has 2 nitrogen and oxygen atoms in total. The lowest BCUT2D eigenvalue weighted by Crippen LogP contribution is -2.32. The molecule has 0 spiro atoms. The van der Waals surface area contributed by atoms with Crippen LogP contribution in [0.1, 0.15) is 25.1 Å². The molecule has 0 aromatic carbocycles. The molecule has 0 amide bonds. The molecule has 2 N–H and O–H groups in total. The highest BCUT2D eigenvalue weighted by atomic mass is 79.9. The molecule has 1 aromatic heterocycles. The van der Waals surface area contributed by atoms with Gasteiger partial charge in [0.15, 0.2) is 0 Å². The van der Waals surface area contributed by atoms with Gasteiger partial charge in [0, 0.05) is 30.4 Å². The Kier molecular flexibility index (Phi) is 5.89. The second kappa shape index (κ2) is 6.69. The standard InChI is InChI=1S/C11H17BrN2S2/c1-8(2)14(6-5-11(13)15)7-9-3-4-10(12)16-9/h3-4,8H,5-7H2,1-2H3,(H2,13,15). The third kappa shape index (κ3) is 4.91. The fraction of sp³-hybridized carbons (Fsp3) is 0.545. The summed E-state index contributed by atoms with van der Waals surface area (Å²) in [4.78, 5) is 4.35. The summed E-state index contributed by atoms with van der Waals surface area (Å²) in [5, 5.41) is 0. The van der Waals surface area contributed by atoms with Crippen molar-refractivity contribution in [3.63, 3.8) is 0 Å². The summed E-state index contributed by atoms with van der Waals surface area (Å²) < 4.78 is 1.18. The van der Waals surface area contributed by atoms with Crippen LogP contribution in [0.25, 0.3) is 0 Å². The maximum atomic E-state index is 5.54. The third-order valence-electron chi connectivity index (χ3n) is 2.36. The van der Waals surface area contributed by atoms with Crippen molar-refractivity contribution in [2.75, 3.05) is 6.54 Å². The summed E-state index contributed by atoms with van der Waals surface area (Å²) in [6.07, 6.45) is 0.792. The normalized spacial score (nSPS) is 11.3. The van der Waals surface area contributed by atoms with Crippen LogP contribution in [0.4, 0.5) is 0 Å². The molecule has 0 fully saturated rings. The predicted molar refractivity (Wildman–Crippen MR) is 79.0 cm³/mol. The molecular weight excluding hydrogens is 304 g/mol. The fourth-order valence-electron chi connectivity index (χ4n) is 1.41. The summed E-state index contributed by atoms with van der Waals surface area (Å²) in [6.45, 7) is 6.30. The highest BCUT2D eigenvalue weighted by Gasteiger charge is 2.11. The van der Waals surface area contributed by atoms with Crippen LogP contribution in [0.15, 0.2) is 15.9 Å². The van der Waals surface area contributed by atoms with E-state index < -0.39 is 0 Å². The van der Waals surface area contributed by atoms with Crippen LogP contribution in [0.2, 0.25) is 0 Å². The van der Waals surface area contributed by atoms with E-state index in [1.54, 1.807) is 11.3 Å². The van der Waals surface area contributed by atoms with E-state index in [1.165, 1.54) is 8.66 Å². The number of hydrogen-bond acceptors (Lipinski definition) is 3. The molecule has 1 heterocycles. The zero-order chi connectivity index (χ0) is 12.1. The van der Waals surface area contributed by atoms with Crippen LogP contribution in [0.3, 0.4) is 0 Å². The molecule has 0 aliphatic rings. The van der Waals surface area contributed by atoms with Crippen molar-refractivity contribution in [3.8, 4) is 0 Å². The lowest BCUT2D eigenvalue weighted by Gasteiger charge is -2.25. The number of thiocarbonyl (C=S) groups is 1. The molecule has 0 unspecified atom stereocenters. The molecule has 5 heteroatoms. The molecular formula is C11H17BrN2S2. The van der Waals surface area contributed by atoms with Gasteiger partial charge in [-0.15, -0.1) is 11.3 Å². The van der Waals surface area contributed by atoms with Crippen molar-refractivity contribution in [1.29, 1.82) is 0 Å². The van der Waals surface area contributed by atoms with Crippen LogP contribution in [0.5, 0.6) is 0 Å². The van der Waals surface area contributed by atoms with Crippen LogP contribution < -0.4 is 5.73 Å². The maximum Gasteiger partial charge on any atom is 0.0740 e. The van der Waals surface area contributed by atoms with Gasteiger partial charge in [-0.3, -0.25) is 4.90 Å². The average molecular weight is 321 g/mol. The van der Waals surface area contributed by atoms with Gasteiger partial charge in [-0.1, -0.05) is 12.2 Å². The lowest BCUT2D eigenvalue weighted by atomic mass is 10.2. The SMILES string of the molecule is CC(C)N(CCC(N)=S)Cc1ccc(Br)s1. The Balaban J connectivity index is 2.54. The zero-order valence-corrected chi connectivity index (χ0v) is 12.8. The largest absolute Gasteiger partial charge is 0.393 e. The van der Waals surface area contributed by atoms with Crippen molar-refractivity contribution in [2.24, 2.45) is 5.73 Å². The van der Waals surface area contributed by atoms with E-state index in [9.17, 15) is 0 Å². The third-order valence-corrected chi connectivity index (χ3v) is 4.18. The summed E-state index contributed by atoms with van der Waals surface area (Å²) in [7, 11) is 0. The maximum absolute atomic E-state index is 5.54. The molecule has 16 heavy (non-hydrogen) atoms. The van der Waals surface area contributed by atoms with Gasteiger partial charge < -0.3 is 5.73 Å². The van der Waals surface area contributed by atoms with Crippen LogP contribution >= 0.6 is 39.5 Å². The molecule has 0 radical (unpaired) electrons. The van der Waals surface area contributed by atoms with Gasteiger partial charge in [0.1, 0.15) is 0 Å². The molecule has 0 saturated heterocycles. The summed E-state index contributed by atoms with van der Waals surface area (Å²) in [5.74, 6) is 0. The summed E-state index contributed by atoms with van der Waals surface area (Å²) >= 11 is 10.2. The molecule has 0 bridgehead atoms. The first-order valence-corrected chi connectivity index (χ1v) is 7.27. The van der Waals surface area contributed by atoms with Crippen molar-refractivity contribution in [2.45, 2.75) is 32.9 Å². The Bertz CT molecular complexity index is 350. The Morgan fingerprint density at radius 1 is 1.56 bits per heavy atom. The Labute approximate surface area is 115 Å². The smallest absolute Gasteiger partial charge is 0.0740 e. The van der Waals surface area contributed by atoms with Crippen molar-refractivity contribution in [3.05, 3.63) is 20.8 Å². The number of hydrogen-bond donors (Lipinski definition) is 1. The number of nitrogens with zero attached hydrogens (tertiary/aromatic N) is 1. The Hall–Kier alpha value is 0.0300. The van der Waals surface area contributed by atoms with E-state index in [-0.39, 0.29) is 0 Å². The first kappa shape index (κ1) is 14.1. The van der Waals surface area contributed by atoms with E-state index in [0.717, 1.165) is 19.5 Å². The van der Waals surface area contributed by atoms with E-state index >= 15 is 0 Å². The number of nitrogens with two attached hydrogens (primary N) is 1.